The van der Waals surface area contributed by atoms with Crippen LogP contribution in [0.25, 0.3) is 10.9 Å². The summed E-state index contributed by atoms with van der Waals surface area (Å²) < 4.78 is 21.3. The average molecular weight is 431 g/mol. The van der Waals surface area contributed by atoms with Crippen LogP contribution in [0.15, 0.2) is 53.4 Å². The van der Waals surface area contributed by atoms with Crippen molar-refractivity contribution in [2.24, 2.45) is 0 Å². The number of rotatable bonds is 3. The summed E-state index contributed by atoms with van der Waals surface area (Å²) in [5.74, 6) is 1.11. The Labute approximate surface area is 176 Å². The van der Waals surface area contributed by atoms with E-state index in [0.29, 0.717) is 34.8 Å². The number of nitrogens with zero attached hydrogens (tertiary/aromatic N) is 2. The third-order valence-corrected chi connectivity index (χ3v) is 7.64. The minimum atomic E-state index is -2.80. The lowest BCUT2D eigenvalue weighted by atomic mass is 10.1. The zero-order valence-corrected chi connectivity index (χ0v) is 17.4. The molecule has 3 aromatic rings. The van der Waals surface area contributed by atoms with Crippen LogP contribution in [-0.2, 0) is 6.54 Å². The summed E-state index contributed by atoms with van der Waals surface area (Å²) in [5.41, 5.74) is 2.80. The maximum atomic E-state index is 10.6. The first-order chi connectivity index (χ1) is 14.0. The fraction of sp³-hybridized carbons (Fsp3) is 0.286. The average Bonchev–Trinajstić information content (AvgIpc) is 2.81. The van der Waals surface area contributed by atoms with Crippen LogP contribution in [0.1, 0.15) is 5.56 Å². The number of benzene rings is 2. The zero-order valence-electron chi connectivity index (χ0n) is 15.8. The second-order valence-electron chi connectivity index (χ2n) is 7.59. The van der Waals surface area contributed by atoms with Crippen LogP contribution >= 0.6 is 22.2 Å². The fourth-order valence-electron chi connectivity index (χ4n) is 3.86. The molecule has 4 N–H and O–H groups in total. The van der Waals surface area contributed by atoms with E-state index < -0.39 is 10.6 Å². The van der Waals surface area contributed by atoms with Gasteiger partial charge in [0.15, 0.2) is 0 Å². The maximum absolute atomic E-state index is 10.6. The van der Waals surface area contributed by atoms with E-state index in [1.807, 2.05) is 42.5 Å². The van der Waals surface area contributed by atoms with Crippen LogP contribution in [-0.4, -0.2) is 45.5 Å². The minimum Gasteiger partial charge on any atom is -0.379 e. The van der Waals surface area contributed by atoms with Gasteiger partial charge in [-0.2, -0.15) is 10.6 Å². The number of hydrogen-bond donors (Lipinski definition) is 4. The van der Waals surface area contributed by atoms with E-state index in [4.69, 9.17) is 16.6 Å². The molecule has 0 bridgehead atoms. The van der Waals surface area contributed by atoms with Crippen LogP contribution in [0.4, 0.5) is 11.5 Å². The molecule has 3 heterocycles. The van der Waals surface area contributed by atoms with E-state index in [0.717, 1.165) is 41.1 Å². The van der Waals surface area contributed by atoms with Crippen molar-refractivity contribution < 1.29 is 9.11 Å². The highest BCUT2D eigenvalue weighted by Crippen LogP contribution is 2.51. The van der Waals surface area contributed by atoms with Crippen LogP contribution < -0.4 is 15.5 Å². The monoisotopic (exact) mass is 430 g/mol. The third kappa shape index (κ3) is 3.65. The molecule has 0 aliphatic carbocycles. The van der Waals surface area contributed by atoms with E-state index in [2.05, 4.69) is 21.6 Å². The lowest BCUT2D eigenvalue weighted by Gasteiger charge is -2.32. The van der Waals surface area contributed by atoms with Crippen molar-refractivity contribution >= 4 is 44.6 Å². The summed E-state index contributed by atoms with van der Waals surface area (Å²) in [6.45, 7) is 2.96. The van der Waals surface area contributed by atoms with Crippen LogP contribution in [0.5, 0.6) is 0 Å². The number of hydrogen-bond acceptors (Lipinski definition) is 6. The van der Waals surface area contributed by atoms with Gasteiger partial charge in [-0.05, 0) is 29.8 Å². The van der Waals surface area contributed by atoms with Crippen molar-refractivity contribution in [2.45, 2.75) is 17.5 Å². The Kier molecular flexibility index (Phi) is 4.80. The van der Waals surface area contributed by atoms with Gasteiger partial charge in [0.25, 0.3) is 0 Å². The van der Waals surface area contributed by atoms with E-state index in [1.165, 1.54) is 0 Å². The second kappa shape index (κ2) is 7.34. The molecular formula is C21H23ClN4O2S. The SMILES string of the molecule is OS1(O)CCN(c2cc(NC3CNC3)c3cc(Cl)ccc3n2)Cc2ccccc21. The molecule has 6 nitrogen and oxygen atoms in total. The zero-order chi connectivity index (χ0) is 20.0. The Hall–Kier alpha value is -2.03. The standard InChI is InChI=1S/C21H23ClN4O2S/c22-15-5-6-18-17(9-15)19(24-16-11-23-12-16)10-21(25-18)26-7-8-29(27,28)20-4-2-1-3-14(20)13-26/h1-6,9-10,16,23,27-28H,7-8,11-13H2,(H,24,25). The first kappa shape index (κ1) is 19.0. The van der Waals surface area contributed by atoms with E-state index in [-0.39, 0.29) is 0 Å². The molecule has 0 radical (unpaired) electrons. The molecule has 152 valence electrons. The van der Waals surface area contributed by atoms with Crippen molar-refractivity contribution in [1.82, 2.24) is 10.3 Å². The molecule has 1 saturated heterocycles. The highest BCUT2D eigenvalue weighted by Gasteiger charge is 2.27. The summed E-state index contributed by atoms with van der Waals surface area (Å²) in [7, 11) is -2.80. The molecule has 29 heavy (non-hydrogen) atoms. The quantitative estimate of drug-likeness (QED) is 0.493. The number of halogens is 1. The molecular weight excluding hydrogens is 408 g/mol. The fourth-order valence-corrected chi connectivity index (χ4v) is 5.57. The van der Waals surface area contributed by atoms with Crippen molar-refractivity contribution in [3.63, 3.8) is 0 Å². The molecule has 0 amide bonds. The maximum Gasteiger partial charge on any atom is 0.131 e. The first-order valence-corrected chi connectivity index (χ1v) is 11.8. The molecule has 1 fully saturated rings. The van der Waals surface area contributed by atoms with E-state index >= 15 is 0 Å². The van der Waals surface area contributed by atoms with Gasteiger partial charge in [0.2, 0.25) is 0 Å². The smallest absolute Gasteiger partial charge is 0.131 e. The van der Waals surface area contributed by atoms with Crippen LogP contribution in [0, 0.1) is 0 Å². The van der Waals surface area contributed by atoms with Gasteiger partial charge in [0.1, 0.15) is 5.82 Å². The summed E-state index contributed by atoms with van der Waals surface area (Å²) in [5, 5.41) is 8.55. The van der Waals surface area contributed by atoms with Gasteiger partial charge in [-0.1, -0.05) is 29.8 Å². The van der Waals surface area contributed by atoms with Crippen molar-refractivity contribution in [3.05, 3.63) is 59.1 Å². The van der Waals surface area contributed by atoms with E-state index in [9.17, 15) is 9.11 Å². The number of pyridine rings is 1. The molecule has 8 heteroatoms. The Morgan fingerprint density at radius 1 is 1.14 bits per heavy atom. The predicted octanol–water partition coefficient (Wildman–Crippen LogP) is 4.40. The Bertz CT molecular complexity index is 1070. The Morgan fingerprint density at radius 2 is 1.97 bits per heavy atom. The van der Waals surface area contributed by atoms with E-state index in [1.54, 1.807) is 0 Å². The molecule has 2 aliphatic rings. The molecule has 2 aliphatic heterocycles. The van der Waals surface area contributed by atoms with Gasteiger partial charge in [0.05, 0.1) is 22.2 Å². The number of aromatic nitrogens is 1. The summed E-state index contributed by atoms with van der Waals surface area (Å²) in [6.07, 6.45) is 0. The molecule has 2 aromatic carbocycles. The van der Waals surface area contributed by atoms with Crippen molar-refractivity contribution in [2.75, 3.05) is 35.6 Å². The van der Waals surface area contributed by atoms with Gasteiger partial charge >= 0.3 is 0 Å². The first-order valence-electron chi connectivity index (χ1n) is 9.66. The number of fused-ring (bicyclic) bond motifs is 2. The molecule has 1 aromatic heterocycles. The van der Waals surface area contributed by atoms with Gasteiger partial charge in [0, 0.05) is 48.3 Å². The van der Waals surface area contributed by atoms with Crippen LogP contribution in [0.2, 0.25) is 5.02 Å². The highest BCUT2D eigenvalue weighted by molar-refractivity contribution is 8.24. The summed E-state index contributed by atoms with van der Waals surface area (Å²) >= 11 is 6.24. The topological polar surface area (TPSA) is 80.7 Å². The Morgan fingerprint density at radius 3 is 2.76 bits per heavy atom. The molecule has 0 spiro atoms. The van der Waals surface area contributed by atoms with Crippen molar-refractivity contribution in [1.29, 1.82) is 0 Å². The minimum absolute atomic E-state index is 0.291. The second-order valence-corrected chi connectivity index (χ2v) is 10.2. The molecule has 5 rings (SSSR count). The largest absolute Gasteiger partial charge is 0.379 e. The third-order valence-electron chi connectivity index (χ3n) is 5.55. The van der Waals surface area contributed by atoms with Crippen LogP contribution in [0.3, 0.4) is 0 Å². The van der Waals surface area contributed by atoms with Crippen molar-refractivity contribution in [3.8, 4) is 0 Å². The summed E-state index contributed by atoms with van der Waals surface area (Å²) in [4.78, 5) is 7.64. The van der Waals surface area contributed by atoms with Gasteiger partial charge in [-0.3, -0.25) is 9.11 Å². The summed E-state index contributed by atoms with van der Waals surface area (Å²) in [6, 6.07) is 15.7. The molecule has 0 unspecified atom stereocenters. The highest BCUT2D eigenvalue weighted by atomic mass is 35.5. The lowest BCUT2D eigenvalue weighted by molar-refractivity contribution is 0.472. The van der Waals surface area contributed by atoms with Gasteiger partial charge < -0.3 is 15.5 Å². The normalized spacial score (nSPS) is 19.9. The lowest BCUT2D eigenvalue weighted by Crippen LogP contribution is -2.51. The molecule has 0 saturated carbocycles. The molecule has 0 atom stereocenters. The Balaban J connectivity index is 1.57. The van der Waals surface area contributed by atoms with Gasteiger partial charge in [-0.25, -0.2) is 4.98 Å². The predicted molar refractivity (Wildman–Crippen MR) is 121 cm³/mol. The van der Waals surface area contributed by atoms with Gasteiger partial charge in [-0.15, -0.1) is 0 Å². The number of anilines is 2. The number of nitrogens with one attached hydrogen (secondary N) is 2.